The van der Waals surface area contributed by atoms with E-state index in [9.17, 15) is 30.6 Å². The van der Waals surface area contributed by atoms with Crippen molar-refractivity contribution in [2.45, 2.75) is 51.9 Å². The van der Waals surface area contributed by atoms with Gasteiger partial charge in [-0.1, -0.05) is 0 Å². The molecule has 0 aromatic rings. The summed E-state index contributed by atoms with van der Waals surface area (Å²) in [6, 6.07) is 6.98. The van der Waals surface area contributed by atoms with Crippen LogP contribution in [0.25, 0.3) is 0 Å². The molecule has 2 rings (SSSR count). The van der Waals surface area contributed by atoms with Crippen LogP contribution in [0.15, 0.2) is 0 Å². The highest BCUT2D eigenvalue weighted by molar-refractivity contribution is 5.79. The van der Waals surface area contributed by atoms with Gasteiger partial charge < -0.3 is 9.47 Å². The van der Waals surface area contributed by atoms with E-state index in [1.807, 2.05) is 0 Å². The van der Waals surface area contributed by atoms with Gasteiger partial charge >= 0.3 is 12.2 Å². The summed E-state index contributed by atoms with van der Waals surface area (Å²) in [5.41, 5.74) is -5.57. The van der Waals surface area contributed by atoms with E-state index in [-0.39, 0.29) is 13.0 Å². The molecule has 0 aromatic carbocycles. The third kappa shape index (κ3) is 2.34. The van der Waals surface area contributed by atoms with Gasteiger partial charge in [0.15, 0.2) is 5.41 Å². The Kier molecular flexibility index (Phi) is 4.65. The average molecular weight is 370 g/mol. The average Bonchev–Trinajstić information content (AvgIpc) is 2.53. The van der Waals surface area contributed by atoms with Crippen molar-refractivity contribution >= 4 is 12.2 Å². The van der Waals surface area contributed by atoms with Crippen molar-refractivity contribution in [3.63, 3.8) is 0 Å². The number of rotatable bonds is 2. The summed E-state index contributed by atoms with van der Waals surface area (Å²) in [6.07, 6.45) is -3.07. The molecular weight excluding hydrogens is 352 g/mol. The molecule has 1 spiro atoms. The molecule has 1 saturated carbocycles. The minimum atomic E-state index is -2.13. The number of hydrazine groups is 1. The summed E-state index contributed by atoms with van der Waals surface area (Å²) < 4.78 is 10.2. The summed E-state index contributed by atoms with van der Waals surface area (Å²) in [4.78, 5) is 24.9. The molecule has 0 N–H and O–H groups in total. The van der Waals surface area contributed by atoms with Crippen molar-refractivity contribution in [2.24, 2.45) is 10.8 Å². The van der Waals surface area contributed by atoms with E-state index in [0.717, 1.165) is 10.0 Å². The van der Waals surface area contributed by atoms with Crippen LogP contribution in [0.4, 0.5) is 9.59 Å². The van der Waals surface area contributed by atoms with Crippen LogP contribution in [0, 0.1) is 56.2 Å². The van der Waals surface area contributed by atoms with Gasteiger partial charge in [-0.05, 0) is 27.7 Å². The van der Waals surface area contributed by atoms with Crippen molar-refractivity contribution in [2.75, 3.05) is 6.54 Å². The highest BCUT2D eigenvalue weighted by Crippen LogP contribution is 2.68. The molecule has 1 heterocycles. The van der Waals surface area contributed by atoms with Crippen molar-refractivity contribution in [1.82, 2.24) is 10.0 Å². The molecule has 140 valence electrons. The zero-order valence-electron chi connectivity index (χ0n) is 15.4. The SMILES string of the molecule is CC(C)OC(=O)N1C[C@]2(CC(C#N)(C#N)C2(C#N)C#N)N1C(=O)OC(C)C. The molecule has 2 amide bonds. The van der Waals surface area contributed by atoms with Crippen LogP contribution in [0.2, 0.25) is 0 Å². The topological polar surface area (TPSA) is 154 Å². The van der Waals surface area contributed by atoms with E-state index in [0.29, 0.717) is 0 Å². The summed E-state index contributed by atoms with van der Waals surface area (Å²) in [7, 11) is 0. The van der Waals surface area contributed by atoms with Gasteiger partial charge in [-0.3, -0.25) is 0 Å². The van der Waals surface area contributed by atoms with Crippen LogP contribution in [0.3, 0.4) is 0 Å². The smallest absolute Gasteiger partial charge is 0.429 e. The second-order valence-electron chi connectivity index (χ2n) is 7.05. The quantitative estimate of drug-likeness (QED) is 0.712. The molecule has 0 unspecified atom stereocenters. The van der Waals surface area contributed by atoms with E-state index < -0.39 is 40.8 Å². The summed E-state index contributed by atoms with van der Waals surface area (Å²) in [6.45, 7) is 6.22. The fourth-order valence-electron chi connectivity index (χ4n) is 3.57. The van der Waals surface area contributed by atoms with E-state index in [1.165, 1.54) is 0 Å². The van der Waals surface area contributed by atoms with Crippen LogP contribution < -0.4 is 0 Å². The second kappa shape index (κ2) is 6.34. The Bertz CT molecular complexity index is 811. The highest BCUT2D eigenvalue weighted by atomic mass is 16.6. The molecule has 1 aliphatic heterocycles. The van der Waals surface area contributed by atoms with Gasteiger partial charge in [0.05, 0.1) is 43.0 Å². The highest BCUT2D eigenvalue weighted by Gasteiger charge is 2.86. The number of nitrogens with zero attached hydrogens (tertiary/aromatic N) is 6. The van der Waals surface area contributed by atoms with Crippen molar-refractivity contribution in [1.29, 1.82) is 21.0 Å². The monoisotopic (exact) mass is 370 g/mol. The number of amides is 2. The van der Waals surface area contributed by atoms with Crippen molar-refractivity contribution < 1.29 is 19.1 Å². The van der Waals surface area contributed by atoms with Crippen LogP contribution in [0.5, 0.6) is 0 Å². The summed E-state index contributed by atoms with van der Waals surface area (Å²) in [5, 5.41) is 40.0. The van der Waals surface area contributed by atoms with E-state index >= 15 is 0 Å². The zero-order valence-corrected chi connectivity index (χ0v) is 15.4. The standard InChI is InChI=1S/C17H18N6O4/c1-11(2)26-13(24)22-10-17(23(22)14(25)27-12(3)4)5-15(6-18,7-19)16(17,8-20)9-21/h11-12H,5,10H2,1-4H3/t17-/m0/s1. The van der Waals surface area contributed by atoms with Gasteiger partial charge in [-0.15, -0.1) is 0 Å². The molecule has 0 radical (unpaired) electrons. The zero-order chi connectivity index (χ0) is 20.6. The third-order valence-corrected chi connectivity index (χ3v) is 4.73. The fraction of sp³-hybridized carbons (Fsp3) is 0.647. The van der Waals surface area contributed by atoms with Crippen molar-refractivity contribution in [3.8, 4) is 24.3 Å². The lowest BCUT2D eigenvalue weighted by Crippen LogP contribution is -2.89. The van der Waals surface area contributed by atoms with Gasteiger partial charge in [0.25, 0.3) is 0 Å². The van der Waals surface area contributed by atoms with Crippen LogP contribution in [0.1, 0.15) is 34.1 Å². The Balaban J connectivity index is 2.50. The Morgan fingerprint density at radius 2 is 1.37 bits per heavy atom. The number of nitriles is 4. The molecule has 0 aromatic heterocycles. The Labute approximate surface area is 156 Å². The maximum absolute atomic E-state index is 12.6. The summed E-state index contributed by atoms with van der Waals surface area (Å²) in [5.74, 6) is 0. The molecule has 0 bridgehead atoms. The number of ether oxygens (including phenoxy) is 2. The molecule has 10 heteroatoms. The maximum Gasteiger partial charge on any atom is 0.429 e. The normalized spacial score (nSPS) is 23.9. The van der Waals surface area contributed by atoms with Crippen molar-refractivity contribution in [3.05, 3.63) is 0 Å². The van der Waals surface area contributed by atoms with E-state index in [1.54, 1.807) is 52.0 Å². The molecule has 27 heavy (non-hydrogen) atoms. The van der Waals surface area contributed by atoms with Gasteiger partial charge in [0, 0.05) is 6.42 Å². The molecular formula is C17H18N6O4. The first-order chi connectivity index (χ1) is 12.6. The number of carbonyl (C=O) groups is 2. The first kappa shape index (κ1) is 19.8. The van der Waals surface area contributed by atoms with Gasteiger partial charge in [0.1, 0.15) is 5.54 Å². The summed E-state index contributed by atoms with van der Waals surface area (Å²) >= 11 is 0. The first-order valence-electron chi connectivity index (χ1n) is 8.24. The van der Waals surface area contributed by atoms with E-state index in [2.05, 4.69) is 0 Å². The molecule has 1 atom stereocenters. The lowest BCUT2D eigenvalue weighted by molar-refractivity contribution is -0.269. The largest absolute Gasteiger partial charge is 0.445 e. The first-order valence-corrected chi connectivity index (χ1v) is 8.24. The number of carbonyl (C=O) groups excluding carboxylic acids is 2. The number of hydrogen-bond acceptors (Lipinski definition) is 8. The molecule has 10 nitrogen and oxygen atoms in total. The number of hydrogen-bond donors (Lipinski definition) is 0. The maximum atomic E-state index is 12.6. The lowest BCUT2D eigenvalue weighted by atomic mass is 9.40. The predicted molar refractivity (Wildman–Crippen MR) is 86.4 cm³/mol. The third-order valence-electron chi connectivity index (χ3n) is 4.73. The molecule has 2 fully saturated rings. The lowest BCUT2D eigenvalue weighted by Gasteiger charge is -2.69. The minimum absolute atomic E-state index is 0.224. The van der Waals surface area contributed by atoms with Crippen LogP contribution in [-0.4, -0.2) is 46.5 Å². The van der Waals surface area contributed by atoms with Crippen LogP contribution >= 0.6 is 0 Å². The Morgan fingerprint density at radius 3 is 1.78 bits per heavy atom. The minimum Gasteiger partial charge on any atom is -0.445 e. The van der Waals surface area contributed by atoms with Crippen LogP contribution in [-0.2, 0) is 9.47 Å². The van der Waals surface area contributed by atoms with Gasteiger partial charge in [-0.25, -0.2) is 19.6 Å². The van der Waals surface area contributed by atoms with E-state index in [4.69, 9.17) is 9.47 Å². The van der Waals surface area contributed by atoms with Gasteiger partial charge in [0.2, 0.25) is 5.41 Å². The predicted octanol–water partition coefficient (Wildman–Crippen LogP) is 1.82. The fourth-order valence-corrected chi connectivity index (χ4v) is 3.57. The molecule has 2 aliphatic rings. The Hall–Kier alpha value is -3.50. The van der Waals surface area contributed by atoms with Gasteiger partial charge in [-0.2, -0.15) is 21.0 Å². The Morgan fingerprint density at radius 1 is 0.889 bits per heavy atom. The molecule has 1 aliphatic carbocycles. The second-order valence-corrected chi connectivity index (χ2v) is 7.05. The molecule has 1 saturated heterocycles.